The van der Waals surface area contributed by atoms with Crippen LogP contribution in [-0.2, 0) is 14.3 Å². The Hall–Kier alpha value is -1.95. The summed E-state index contributed by atoms with van der Waals surface area (Å²) in [4.78, 5) is 28.7. The number of hydrogen-bond acceptors (Lipinski definition) is 3. The summed E-state index contributed by atoms with van der Waals surface area (Å²) in [6.45, 7) is 6.36. The van der Waals surface area contributed by atoms with Crippen molar-refractivity contribution in [3.05, 3.63) is 35.6 Å². The van der Waals surface area contributed by atoms with Crippen molar-refractivity contribution < 1.29 is 18.7 Å². The molecule has 3 heterocycles. The van der Waals surface area contributed by atoms with Gasteiger partial charge in [0.15, 0.2) is 0 Å². The van der Waals surface area contributed by atoms with E-state index in [1.54, 1.807) is 13.0 Å². The minimum atomic E-state index is -0.409. The number of carbonyl (C=O) groups excluding carboxylic acids is 2. The van der Waals surface area contributed by atoms with Gasteiger partial charge < -0.3 is 14.5 Å². The van der Waals surface area contributed by atoms with Crippen LogP contribution in [0.3, 0.4) is 0 Å². The number of halogens is 1. The molecule has 0 aliphatic carbocycles. The number of amides is 2. The molecule has 0 N–H and O–H groups in total. The normalized spacial score (nSPS) is 30.1. The third-order valence-corrected chi connectivity index (χ3v) is 5.90. The van der Waals surface area contributed by atoms with E-state index in [4.69, 9.17) is 4.74 Å². The maximum absolute atomic E-state index is 13.7. The summed E-state index contributed by atoms with van der Waals surface area (Å²) in [5, 5.41) is 0. The average Bonchev–Trinajstić information content (AvgIpc) is 3.09. The lowest BCUT2D eigenvalue weighted by Gasteiger charge is -2.40. The molecule has 0 bridgehead atoms. The lowest BCUT2D eigenvalue weighted by Crippen LogP contribution is -2.53. The van der Waals surface area contributed by atoms with Crippen LogP contribution in [0.1, 0.15) is 25.5 Å². The van der Waals surface area contributed by atoms with Crippen LogP contribution in [0.25, 0.3) is 0 Å². The Kier molecular flexibility index (Phi) is 3.83. The zero-order valence-corrected chi connectivity index (χ0v) is 14.6. The van der Waals surface area contributed by atoms with E-state index in [9.17, 15) is 14.0 Å². The Labute approximate surface area is 146 Å². The van der Waals surface area contributed by atoms with Gasteiger partial charge in [0.2, 0.25) is 11.8 Å². The smallest absolute Gasteiger partial charge is 0.233 e. The van der Waals surface area contributed by atoms with E-state index < -0.39 is 5.41 Å². The molecule has 1 aromatic rings. The first-order valence-corrected chi connectivity index (χ1v) is 8.79. The second-order valence-electron chi connectivity index (χ2n) is 7.86. The van der Waals surface area contributed by atoms with E-state index >= 15 is 0 Å². The van der Waals surface area contributed by atoms with Gasteiger partial charge in [0.25, 0.3) is 0 Å². The fourth-order valence-corrected chi connectivity index (χ4v) is 4.57. The minimum absolute atomic E-state index is 0.000826. The summed E-state index contributed by atoms with van der Waals surface area (Å²) < 4.78 is 18.9. The van der Waals surface area contributed by atoms with Gasteiger partial charge in [-0.2, -0.15) is 0 Å². The molecule has 5 nitrogen and oxygen atoms in total. The molecule has 4 rings (SSSR count). The highest BCUT2D eigenvalue weighted by atomic mass is 19.1. The molecule has 0 saturated carbocycles. The van der Waals surface area contributed by atoms with Gasteiger partial charge in [-0.3, -0.25) is 9.59 Å². The van der Waals surface area contributed by atoms with Gasteiger partial charge in [-0.15, -0.1) is 0 Å². The quantitative estimate of drug-likeness (QED) is 0.821. The van der Waals surface area contributed by atoms with Gasteiger partial charge in [-0.05, 0) is 24.6 Å². The summed E-state index contributed by atoms with van der Waals surface area (Å²) in [5.74, 6) is 0.237. The van der Waals surface area contributed by atoms with Gasteiger partial charge in [0.1, 0.15) is 5.82 Å². The summed E-state index contributed by atoms with van der Waals surface area (Å²) in [7, 11) is 0. The molecule has 6 heteroatoms. The first kappa shape index (κ1) is 16.5. The number of fused-ring (bicyclic) bond motifs is 1. The molecule has 3 aliphatic heterocycles. The number of nitrogens with zero attached hydrogens (tertiary/aromatic N) is 2. The zero-order chi connectivity index (χ0) is 17.8. The molecule has 0 aromatic heterocycles. The fourth-order valence-electron chi connectivity index (χ4n) is 4.57. The Balaban J connectivity index is 1.59. The third kappa shape index (κ3) is 2.63. The van der Waals surface area contributed by atoms with Gasteiger partial charge in [0, 0.05) is 38.4 Å². The Morgan fingerprint density at radius 2 is 2.00 bits per heavy atom. The summed E-state index contributed by atoms with van der Waals surface area (Å²) in [6, 6.07) is 6.31. The highest BCUT2D eigenvalue weighted by Crippen LogP contribution is 2.46. The Morgan fingerprint density at radius 1 is 1.24 bits per heavy atom. The van der Waals surface area contributed by atoms with E-state index in [0.717, 1.165) is 5.56 Å². The van der Waals surface area contributed by atoms with Crippen LogP contribution in [0, 0.1) is 23.1 Å². The second kappa shape index (κ2) is 5.80. The monoisotopic (exact) mass is 346 g/mol. The van der Waals surface area contributed by atoms with Gasteiger partial charge in [0.05, 0.1) is 24.7 Å². The average molecular weight is 346 g/mol. The maximum atomic E-state index is 13.7. The zero-order valence-electron chi connectivity index (χ0n) is 14.6. The van der Waals surface area contributed by atoms with Crippen LogP contribution in [0.5, 0.6) is 0 Å². The van der Waals surface area contributed by atoms with Crippen LogP contribution in [0.4, 0.5) is 4.39 Å². The molecule has 3 atom stereocenters. The summed E-state index contributed by atoms with van der Waals surface area (Å²) in [6.07, 6.45) is 0. The number of ether oxygens (including phenoxy) is 1. The third-order valence-electron chi connectivity index (χ3n) is 5.90. The molecule has 0 unspecified atom stereocenters. The van der Waals surface area contributed by atoms with E-state index in [-0.39, 0.29) is 35.5 Å². The molecule has 3 saturated heterocycles. The van der Waals surface area contributed by atoms with Crippen LogP contribution >= 0.6 is 0 Å². The molecule has 2 amide bonds. The lowest BCUT2D eigenvalue weighted by molar-refractivity contribution is -0.168. The molecular formula is C19H23FN2O3. The van der Waals surface area contributed by atoms with Crippen molar-refractivity contribution in [1.29, 1.82) is 0 Å². The molecule has 1 aromatic carbocycles. The fraction of sp³-hybridized carbons (Fsp3) is 0.579. The number of benzene rings is 1. The predicted molar refractivity (Wildman–Crippen MR) is 89.0 cm³/mol. The van der Waals surface area contributed by atoms with Crippen LogP contribution < -0.4 is 0 Å². The van der Waals surface area contributed by atoms with Crippen molar-refractivity contribution in [2.75, 3.05) is 32.8 Å². The van der Waals surface area contributed by atoms with Crippen LogP contribution in [0.15, 0.2) is 24.3 Å². The van der Waals surface area contributed by atoms with Crippen molar-refractivity contribution in [1.82, 2.24) is 9.80 Å². The maximum Gasteiger partial charge on any atom is 0.233 e. The van der Waals surface area contributed by atoms with E-state index in [0.29, 0.717) is 32.8 Å². The van der Waals surface area contributed by atoms with Gasteiger partial charge >= 0.3 is 0 Å². The van der Waals surface area contributed by atoms with Crippen molar-refractivity contribution in [2.24, 2.45) is 17.3 Å². The number of hydrogen-bond donors (Lipinski definition) is 0. The van der Waals surface area contributed by atoms with Crippen molar-refractivity contribution in [3.8, 4) is 0 Å². The van der Waals surface area contributed by atoms with Crippen LogP contribution in [-0.4, -0.2) is 54.5 Å². The molecule has 3 aliphatic rings. The molecule has 25 heavy (non-hydrogen) atoms. The molecule has 0 radical (unpaired) electrons. The molecule has 134 valence electrons. The molecule has 0 spiro atoms. The molecule has 3 fully saturated rings. The van der Waals surface area contributed by atoms with Crippen LogP contribution in [0.2, 0.25) is 0 Å². The largest absolute Gasteiger partial charge is 0.379 e. The predicted octanol–water partition coefficient (Wildman–Crippen LogP) is 1.84. The van der Waals surface area contributed by atoms with E-state index in [1.165, 1.54) is 12.1 Å². The first-order chi connectivity index (χ1) is 11.9. The number of rotatable bonds is 2. The Morgan fingerprint density at radius 3 is 2.60 bits per heavy atom. The lowest BCUT2D eigenvalue weighted by atomic mass is 9.87. The van der Waals surface area contributed by atoms with Gasteiger partial charge in [-0.25, -0.2) is 4.39 Å². The second-order valence-corrected chi connectivity index (χ2v) is 7.86. The SMILES string of the molecule is CC(=O)N1C[C@H]2CN(C(=O)C3(C)COC3)C[C@H]2[C@@H]1c1cccc(F)c1. The van der Waals surface area contributed by atoms with Gasteiger partial charge in [-0.1, -0.05) is 12.1 Å². The molecular weight excluding hydrogens is 323 g/mol. The Bertz CT molecular complexity index is 718. The van der Waals surface area contributed by atoms with E-state index in [1.807, 2.05) is 22.8 Å². The minimum Gasteiger partial charge on any atom is -0.379 e. The number of likely N-dealkylation sites (tertiary alicyclic amines) is 2. The summed E-state index contributed by atoms with van der Waals surface area (Å²) >= 11 is 0. The van der Waals surface area contributed by atoms with Crippen molar-refractivity contribution >= 4 is 11.8 Å². The summed E-state index contributed by atoms with van der Waals surface area (Å²) in [5.41, 5.74) is 0.406. The first-order valence-electron chi connectivity index (χ1n) is 8.79. The van der Waals surface area contributed by atoms with Crippen molar-refractivity contribution in [2.45, 2.75) is 19.9 Å². The van der Waals surface area contributed by atoms with Crippen molar-refractivity contribution in [3.63, 3.8) is 0 Å². The highest BCUT2D eigenvalue weighted by molar-refractivity contribution is 5.84. The highest BCUT2D eigenvalue weighted by Gasteiger charge is 2.52. The standard InChI is InChI=1S/C19H23FN2O3/c1-12(23)22-8-14-7-21(18(24)19(2)10-25-11-19)9-16(14)17(22)13-4-3-5-15(20)6-13/h3-6,14,16-17H,7-11H2,1-2H3/t14-,16-,17+/m1/s1. The number of carbonyl (C=O) groups is 2. The topological polar surface area (TPSA) is 49.9 Å². The van der Waals surface area contributed by atoms with E-state index in [2.05, 4.69) is 0 Å².